The van der Waals surface area contributed by atoms with Gasteiger partial charge in [0.05, 0.1) is 0 Å². The molecule has 4 fully saturated rings. The summed E-state index contributed by atoms with van der Waals surface area (Å²) in [7, 11) is -23.1. The van der Waals surface area contributed by atoms with E-state index in [-0.39, 0.29) is 0 Å². The predicted octanol–water partition coefficient (Wildman–Crippen LogP) is 9.84. The van der Waals surface area contributed by atoms with Crippen molar-refractivity contribution in [3.05, 3.63) is 61.4 Å². The summed E-state index contributed by atoms with van der Waals surface area (Å²) in [6.07, 6.45) is 9.27. The third-order valence-corrected chi connectivity index (χ3v) is 54.0. The van der Waals surface area contributed by atoms with Crippen LogP contribution in [-0.4, -0.2) is 141 Å². The highest BCUT2D eigenvalue weighted by Gasteiger charge is 2.48. The summed E-state index contributed by atoms with van der Waals surface area (Å²) in [5.74, 6) is 0. The molecule has 392 valence electrons. The van der Waals surface area contributed by atoms with Crippen LogP contribution in [0, 0.1) is 0 Å². The van der Waals surface area contributed by atoms with E-state index in [1.54, 1.807) is 5.70 Å². The molecule has 0 bridgehead atoms. The van der Waals surface area contributed by atoms with Crippen LogP contribution in [0.25, 0.3) is 0 Å². The van der Waals surface area contributed by atoms with Crippen molar-refractivity contribution in [3.8, 4) is 0 Å². The van der Waals surface area contributed by atoms with Crippen LogP contribution in [0.2, 0.25) is 122 Å². The molecule has 0 aromatic carbocycles. The molecule has 4 rings (SSSR count). The van der Waals surface area contributed by atoms with Gasteiger partial charge in [-0.3, -0.25) is 0 Å². The average Bonchev–Trinajstić information content (AvgIpc) is 3.21. The van der Waals surface area contributed by atoms with E-state index in [4.69, 9.17) is 54.7 Å². The molecule has 0 aromatic rings. The predicted molar refractivity (Wildman–Crippen MR) is 312 cm³/mol. The molecule has 0 N–H and O–H groups in total. The normalized spacial score (nSPS) is 38.7. The lowest BCUT2D eigenvalue weighted by atomic mass is 10.4. The first-order valence-corrected chi connectivity index (χ1v) is 56.5. The van der Waals surface area contributed by atoms with Crippen LogP contribution in [0.3, 0.4) is 0 Å². The van der Waals surface area contributed by atoms with Gasteiger partial charge in [-0.25, -0.2) is 0 Å². The monoisotopic (exact) mass is 1160 g/mol. The Morgan fingerprint density at radius 2 is 0.806 bits per heavy atom. The molecule has 4 aliphatic heterocycles. The Hall–Kier alpha value is 0.999. The van der Waals surface area contributed by atoms with Crippen molar-refractivity contribution in [2.24, 2.45) is 0 Å². The lowest BCUT2D eigenvalue weighted by molar-refractivity contribution is 0.223. The molecule has 67 heavy (non-hydrogen) atoms. The van der Waals surface area contributed by atoms with Crippen LogP contribution >= 0.6 is 0 Å². The fourth-order valence-electron chi connectivity index (χ4n) is 7.85. The van der Waals surface area contributed by atoms with Gasteiger partial charge in [0.25, 0.3) is 18.6 Å². The minimum atomic E-state index is -2.69. The Balaban J connectivity index is 0.000000463. The van der Waals surface area contributed by atoms with Gasteiger partial charge < -0.3 is 54.7 Å². The minimum Gasteiger partial charge on any atom is -0.441 e. The molecule has 26 heteroatoms. The standard InChI is InChI=1S/C16H32O4Si4.C10H24O3Si3.C8H24O4Si4.C7H18O2Si2/c1-9-21(5)16-14-13-15-17-22(6,10-2)19-24(8,12-4)20-23(7,11-3)18-21;1-6-16(5)12-14(2)10-8-7-9-11-15(3,4)13-16;1-13-8-6-5-7-9-14(2)11-16(4)12-15(3)10-13;1-10-7-5-4-6-8-11(2,3)9-10/h9-12H,1-4,13-16H2,5-8H3;6,14H,1,7-10H2,2-5H3;13-16H,5-8H2,1-4H3;10H,4-7H2,1-3H3. The highest BCUT2D eigenvalue weighted by molar-refractivity contribution is 6.94. The summed E-state index contributed by atoms with van der Waals surface area (Å²) in [5, 5.41) is 0. The molecule has 0 amide bonds. The lowest BCUT2D eigenvalue weighted by Crippen LogP contribution is -2.59. The van der Waals surface area contributed by atoms with Crippen LogP contribution in [0.5, 0.6) is 0 Å². The summed E-state index contributed by atoms with van der Waals surface area (Å²) in [4.78, 5) is 0. The van der Waals surface area contributed by atoms with E-state index >= 15 is 0 Å². The Kier molecular flexibility index (Phi) is 31.9. The second-order valence-electron chi connectivity index (χ2n) is 19.7. The Labute approximate surface area is 428 Å². The van der Waals surface area contributed by atoms with Crippen molar-refractivity contribution < 1.29 is 54.7 Å². The van der Waals surface area contributed by atoms with Gasteiger partial charge in [-0.05, 0) is 148 Å². The van der Waals surface area contributed by atoms with Crippen LogP contribution < -0.4 is 0 Å². The summed E-state index contributed by atoms with van der Waals surface area (Å²) in [5.41, 5.74) is 9.33. The van der Waals surface area contributed by atoms with Gasteiger partial charge in [0.1, 0.15) is 0 Å². The van der Waals surface area contributed by atoms with Crippen LogP contribution in [-0.2, 0) is 54.7 Å². The summed E-state index contributed by atoms with van der Waals surface area (Å²) in [6, 6.07) is 4.79. The first-order valence-electron chi connectivity index (χ1n) is 25.0. The fourth-order valence-corrected chi connectivity index (χ4v) is 51.1. The number of hydrogen-bond acceptors (Lipinski definition) is 13. The molecule has 4 saturated heterocycles. The Bertz CT molecular complexity index is 1410. The zero-order valence-electron chi connectivity index (χ0n) is 45.0. The van der Waals surface area contributed by atoms with Gasteiger partial charge in [0.2, 0.25) is 8.32 Å². The van der Waals surface area contributed by atoms with Gasteiger partial charge in [0.15, 0.2) is 27.1 Å². The lowest BCUT2D eigenvalue weighted by Gasteiger charge is -2.41. The first kappa shape index (κ1) is 66.0. The Morgan fingerprint density at radius 3 is 1.36 bits per heavy atom. The molecule has 11 unspecified atom stereocenters. The summed E-state index contributed by atoms with van der Waals surface area (Å²) >= 11 is 0. The summed E-state index contributed by atoms with van der Waals surface area (Å²) in [6.45, 7) is 54.9. The van der Waals surface area contributed by atoms with Crippen LogP contribution in [0.4, 0.5) is 0 Å². The maximum Gasteiger partial charge on any atom is 0.352 e. The van der Waals surface area contributed by atoms with E-state index in [0.717, 1.165) is 51.5 Å². The zero-order valence-corrected chi connectivity index (χ0v) is 58.9. The first-order chi connectivity index (χ1) is 31.1. The van der Waals surface area contributed by atoms with Crippen LogP contribution in [0.1, 0.15) is 51.4 Å². The zero-order chi connectivity index (χ0) is 51.0. The molecule has 0 spiro atoms. The van der Waals surface area contributed by atoms with E-state index in [2.05, 4.69) is 111 Å². The van der Waals surface area contributed by atoms with Gasteiger partial charge in [0, 0.05) is 26.4 Å². The quantitative estimate of drug-likeness (QED) is 0.243. The van der Waals surface area contributed by atoms with Crippen LogP contribution in [0.15, 0.2) is 61.4 Å². The van der Waals surface area contributed by atoms with Crippen molar-refractivity contribution in [2.45, 2.75) is 174 Å². The molecule has 0 saturated carbocycles. The maximum atomic E-state index is 6.57. The van der Waals surface area contributed by atoms with Crippen molar-refractivity contribution in [1.29, 1.82) is 0 Å². The van der Waals surface area contributed by atoms with Gasteiger partial charge in [-0.15, -0.1) is 32.9 Å². The molecule has 0 radical (unpaired) electrons. The van der Waals surface area contributed by atoms with Crippen molar-refractivity contribution in [2.75, 3.05) is 26.4 Å². The Morgan fingerprint density at radius 1 is 0.373 bits per heavy atom. The molecule has 11 atom stereocenters. The highest BCUT2D eigenvalue weighted by atomic mass is 28.5. The average molecular weight is 1160 g/mol. The highest BCUT2D eigenvalue weighted by Crippen LogP contribution is 2.30. The number of hydrogen-bond donors (Lipinski definition) is 0. The third-order valence-electron chi connectivity index (χ3n) is 11.4. The smallest absolute Gasteiger partial charge is 0.352 e. The molecule has 4 heterocycles. The van der Waals surface area contributed by atoms with Gasteiger partial charge in [-0.2, -0.15) is 0 Å². The van der Waals surface area contributed by atoms with Crippen molar-refractivity contribution in [3.63, 3.8) is 0 Å². The van der Waals surface area contributed by atoms with Crippen molar-refractivity contribution >= 4 is 115 Å². The minimum absolute atomic E-state index is 0.661. The molecular weight excluding hydrogens is 1070 g/mol. The van der Waals surface area contributed by atoms with Gasteiger partial charge >= 0.3 is 60.6 Å². The molecule has 13 nitrogen and oxygen atoms in total. The van der Waals surface area contributed by atoms with E-state index in [1.807, 2.05) is 42.4 Å². The van der Waals surface area contributed by atoms with E-state index < -0.39 is 115 Å². The summed E-state index contributed by atoms with van der Waals surface area (Å²) < 4.78 is 78.9. The van der Waals surface area contributed by atoms with E-state index in [1.165, 1.54) is 43.8 Å². The molecule has 0 aromatic heterocycles. The fraction of sp³-hybridized carbons (Fsp3) is 0.756. The van der Waals surface area contributed by atoms with E-state index in [0.29, 0.717) is 6.61 Å². The van der Waals surface area contributed by atoms with Crippen molar-refractivity contribution in [1.82, 2.24) is 0 Å². The maximum absolute atomic E-state index is 6.57. The van der Waals surface area contributed by atoms with E-state index in [9.17, 15) is 0 Å². The topological polar surface area (TPSA) is 120 Å². The third kappa shape index (κ3) is 29.5. The second kappa shape index (κ2) is 32.3. The largest absolute Gasteiger partial charge is 0.441 e. The molecule has 4 aliphatic rings. The second-order valence-corrected chi connectivity index (χ2v) is 58.3. The number of rotatable bonds is 5. The molecule has 0 aliphatic carbocycles. The SMILES string of the molecule is C=C[Si]1(C)CCCCO[Si](C)(C=C)O[Si](C)(C=C)O[Si](C)(C=C)O1.C=C[Si]1(C)O[SiH](C)CCCCO[Si](C)(C)O1.C[SiH]1CCCCO[SiH](C)O[SiH](C)O[SiH](C)O1.C[SiH]1CCCCO[Si](C)(C)O1. The van der Waals surface area contributed by atoms with Gasteiger partial charge in [-0.1, -0.05) is 54.2 Å². The molecular formula is C41H98O13Si13.